The maximum absolute atomic E-state index is 12.3. The molecule has 4 nitrogen and oxygen atoms in total. The number of amides is 2. The smallest absolute Gasteiger partial charge is 0.322 e. The van der Waals surface area contributed by atoms with Crippen LogP contribution in [0.25, 0.3) is 0 Å². The van der Waals surface area contributed by atoms with E-state index in [4.69, 9.17) is 5.73 Å². The van der Waals surface area contributed by atoms with E-state index < -0.39 is 0 Å². The van der Waals surface area contributed by atoms with Gasteiger partial charge in [0.15, 0.2) is 0 Å². The SMILES string of the molecule is CCC1CCCCN1C(=O)Nc1ccc(CN)cc1. The molecular formula is C15H23N3O. The molecule has 104 valence electrons. The van der Waals surface area contributed by atoms with Crippen LogP contribution >= 0.6 is 0 Å². The zero-order valence-corrected chi connectivity index (χ0v) is 11.6. The lowest BCUT2D eigenvalue weighted by molar-refractivity contribution is 0.160. The number of hydrogen-bond acceptors (Lipinski definition) is 2. The van der Waals surface area contributed by atoms with Crippen molar-refractivity contribution in [3.63, 3.8) is 0 Å². The van der Waals surface area contributed by atoms with E-state index in [-0.39, 0.29) is 6.03 Å². The standard InChI is InChI=1S/C15H23N3O/c1-2-14-5-3-4-10-18(14)15(19)17-13-8-6-12(11-16)7-9-13/h6-9,14H,2-5,10-11,16H2,1H3,(H,17,19). The van der Waals surface area contributed by atoms with Crippen LogP contribution in [0.15, 0.2) is 24.3 Å². The fourth-order valence-electron chi connectivity index (χ4n) is 2.61. The van der Waals surface area contributed by atoms with Gasteiger partial charge < -0.3 is 16.0 Å². The molecule has 19 heavy (non-hydrogen) atoms. The summed E-state index contributed by atoms with van der Waals surface area (Å²) in [4.78, 5) is 14.3. The van der Waals surface area contributed by atoms with Crippen molar-refractivity contribution in [2.24, 2.45) is 5.73 Å². The Kier molecular flexibility index (Phi) is 4.80. The second kappa shape index (κ2) is 6.57. The van der Waals surface area contributed by atoms with Crippen molar-refractivity contribution >= 4 is 11.7 Å². The highest BCUT2D eigenvalue weighted by molar-refractivity contribution is 5.89. The summed E-state index contributed by atoms with van der Waals surface area (Å²) in [7, 11) is 0. The van der Waals surface area contributed by atoms with Crippen molar-refractivity contribution in [2.45, 2.75) is 45.2 Å². The number of nitrogens with two attached hydrogens (primary N) is 1. The second-order valence-electron chi connectivity index (χ2n) is 5.08. The number of nitrogens with one attached hydrogen (secondary N) is 1. The second-order valence-corrected chi connectivity index (χ2v) is 5.08. The van der Waals surface area contributed by atoms with Crippen molar-refractivity contribution in [1.29, 1.82) is 0 Å². The van der Waals surface area contributed by atoms with Gasteiger partial charge in [0.05, 0.1) is 0 Å². The maximum Gasteiger partial charge on any atom is 0.322 e. The summed E-state index contributed by atoms with van der Waals surface area (Å²) in [5, 5.41) is 2.97. The van der Waals surface area contributed by atoms with E-state index in [2.05, 4.69) is 12.2 Å². The van der Waals surface area contributed by atoms with Gasteiger partial charge in [-0.2, -0.15) is 0 Å². The van der Waals surface area contributed by atoms with Gasteiger partial charge in [0.25, 0.3) is 0 Å². The van der Waals surface area contributed by atoms with Crippen LogP contribution in [0.5, 0.6) is 0 Å². The monoisotopic (exact) mass is 261 g/mol. The van der Waals surface area contributed by atoms with E-state index in [0.717, 1.165) is 37.1 Å². The van der Waals surface area contributed by atoms with Crippen molar-refractivity contribution in [2.75, 3.05) is 11.9 Å². The summed E-state index contributed by atoms with van der Waals surface area (Å²) in [6.07, 6.45) is 4.49. The molecule has 0 aliphatic carbocycles. The van der Waals surface area contributed by atoms with Crippen LogP contribution < -0.4 is 11.1 Å². The van der Waals surface area contributed by atoms with Crippen molar-refractivity contribution < 1.29 is 4.79 Å². The first kappa shape index (κ1) is 13.9. The maximum atomic E-state index is 12.3. The summed E-state index contributed by atoms with van der Waals surface area (Å²) >= 11 is 0. The fourth-order valence-corrected chi connectivity index (χ4v) is 2.61. The van der Waals surface area contributed by atoms with Gasteiger partial charge in [-0.1, -0.05) is 19.1 Å². The molecular weight excluding hydrogens is 238 g/mol. The number of benzene rings is 1. The van der Waals surface area contributed by atoms with Gasteiger partial charge in [0.1, 0.15) is 0 Å². The molecule has 2 rings (SSSR count). The molecule has 1 aromatic rings. The molecule has 2 amide bonds. The van der Waals surface area contributed by atoms with Gasteiger partial charge in [-0.05, 0) is 43.4 Å². The van der Waals surface area contributed by atoms with Crippen LogP contribution in [-0.2, 0) is 6.54 Å². The molecule has 4 heteroatoms. The molecule has 1 aliphatic rings. The van der Waals surface area contributed by atoms with Crippen molar-refractivity contribution in [1.82, 2.24) is 4.90 Å². The normalized spacial score (nSPS) is 19.3. The van der Waals surface area contributed by atoms with Crippen LogP contribution in [0.1, 0.15) is 38.2 Å². The summed E-state index contributed by atoms with van der Waals surface area (Å²) in [6.45, 7) is 3.54. The lowest BCUT2D eigenvalue weighted by atomic mass is 10.0. The first-order valence-corrected chi connectivity index (χ1v) is 7.11. The zero-order valence-electron chi connectivity index (χ0n) is 11.6. The van der Waals surface area contributed by atoms with E-state index in [1.165, 1.54) is 6.42 Å². The number of carbonyl (C=O) groups is 1. The molecule has 1 aliphatic heterocycles. The third-order valence-corrected chi connectivity index (χ3v) is 3.80. The number of hydrogen-bond donors (Lipinski definition) is 2. The minimum atomic E-state index is 0.0204. The Balaban J connectivity index is 1.98. The number of anilines is 1. The summed E-state index contributed by atoms with van der Waals surface area (Å²) in [5.41, 5.74) is 7.47. The zero-order chi connectivity index (χ0) is 13.7. The van der Waals surface area contributed by atoms with Gasteiger partial charge in [-0.3, -0.25) is 0 Å². The quantitative estimate of drug-likeness (QED) is 0.879. The van der Waals surface area contributed by atoms with Gasteiger partial charge in [-0.15, -0.1) is 0 Å². The van der Waals surface area contributed by atoms with Crippen LogP contribution in [-0.4, -0.2) is 23.5 Å². The number of urea groups is 1. The first-order valence-electron chi connectivity index (χ1n) is 7.11. The summed E-state index contributed by atoms with van der Waals surface area (Å²) in [5.74, 6) is 0. The topological polar surface area (TPSA) is 58.4 Å². The fraction of sp³-hybridized carbons (Fsp3) is 0.533. The minimum absolute atomic E-state index is 0.0204. The third-order valence-electron chi connectivity index (χ3n) is 3.80. The Hall–Kier alpha value is -1.55. The Bertz CT molecular complexity index is 416. The number of likely N-dealkylation sites (tertiary alicyclic amines) is 1. The van der Waals surface area contributed by atoms with E-state index >= 15 is 0 Å². The van der Waals surface area contributed by atoms with Crippen LogP contribution in [0.3, 0.4) is 0 Å². The Morgan fingerprint density at radius 2 is 2.11 bits per heavy atom. The highest BCUT2D eigenvalue weighted by atomic mass is 16.2. The minimum Gasteiger partial charge on any atom is -0.326 e. The molecule has 1 saturated heterocycles. The first-order chi connectivity index (χ1) is 9.24. The van der Waals surface area contributed by atoms with E-state index in [1.54, 1.807) is 0 Å². The lowest BCUT2D eigenvalue weighted by Gasteiger charge is -2.35. The van der Waals surface area contributed by atoms with Crippen molar-refractivity contribution in [3.05, 3.63) is 29.8 Å². The lowest BCUT2D eigenvalue weighted by Crippen LogP contribution is -2.45. The van der Waals surface area contributed by atoms with Gasteiger partial charge in [0, 0.05) is 24.8 Å². The molecule has 1 heterocycles. The van der Waals surface area contributed by atoms with E-state index in [0.29, 0.717) is 12.6 Å². The molecule has 0 saturated carbocycles. The average molecular weight is 261 g/mol. The molecule has 1 aromatic carbocycles. The third kappa shape index (κ3) is 3.47. The largest absolute Gasteiger partial charge is 0.326 e. The summed E-state index contributed by atoms with van der Waals surface area (Å²) < 4.78 is 0. The molecule has 0 radical (unpaired) electrons. The van der Waals surface area contributed by atoms with Crippen LogP contribution in [0.2, 0.25) is 0 Å². The van der Waals surface area contributed by atoms with Gasteiger partial charge in [-0.25, -0.2) is 4.79 Å². The number of piperidine rings is 1. The highest BCUT2D eigenvalue weighted by Gasteiger charge is 2.25. The highest BCUT2D eigenvalue weighted by Crippen LogP contribution is 2.20. The molecule has 0 aromatic heterocycles. The predicted molar refractivity (Wildman–Crippen MR) is 78.0 cm³/mol. The predicted octanol–water partition coefficient (Wildman–Crippen LogP) is 2.94. The van der Waals surface area contributed by atoms with Crippen molar-refractivity contribution in [3.8, 4) is 0 Å². The Labute approximate surface area is 115 Å². The number of nitrogens with zero attached hydrogens (tertiary/aromatic N) is 1. The van der Waals surface area contributed by atoms with Gasteiger partial charge >= 0.3 is 6.03 Å². The molecule has 1 atom stereocenters. The average Bonchev–Trinajstić information content (AvgIpc) is 2.48. The number of carbonyl (C=O) groups excluding carboxylic acids is 1. The van der Waals surface area contributed by atoms with Crippen LogP contribution in [0, 0.1) is 0 Å². The molecule has 3 N–H and O–H groups in total. The Morgan fingerprint density at radius 3 is 2.74 bits per heavy atom. The molecule has 1 unspecified atom stereocenters. The Morgan fingerprint density at radius 1 is 1.37 bits per heavy atom. The van der Waals surface area contributed by atoms with Gasteiger partial charge in [0.2, 0.25) is 0 Å². The van der Waals surface area contributed by atoms with E-state index in [1.807, 2.05) is 29.2 Å². The molecule has 0 bridgehead atoms. The molecule has 0 spiro atoms. The van der Waals surface area contributed by atoms with Crippen LogP contribution in [0.4, 0.5) is 10.5 Å². The summed E-state index contributed by atoms with van der Waals surface area (Å²) in [6, 6.07) is 8.12. The van der Waals surface area contributed by atoms with E-state index in [9.17, 15) is 4.79 Å². The molecule has 1 fully saturated rings. The number of rotatable bonds is 3.